The molecule has 0 saturated heterocycles. The molecule has 2 nitrogen and oxygen atoms in total. The van der Waals surface area contributed by atoms with Crippen LogP contribution in [0.25, 0.3) is 11.1 Å². The Morgan fingerprint density at radius 3 is 2.62 bits per heavy atom. The van der Waals surface area contributed by atoms with Crippen molar-refractivity contribution in [1.82, 2.24) is 5.32 Å². The monoisotopic (exact) mass is 303 g/mol. The third-order valence-electron chi connectivity index (χ3n) is 3.52. The minimum Gasteiger partial charge on any atom is -0.496 e. The second kappa shape index (κ2) is 7.48. The van der Waals surface area contributed by atoms with E-state index in [1.54, 1.807) is 7.11 Å². The van der Waals surface area contributed by atoms with Crippen LogP contribution in [0.3, 0.4) is 0 Å². The van der Waals surface area contributed by atoms with Gasteiger partial charge in [0.1, 0.15) is 5.75 Å². The molecule has 0 bridgehead atoms. The van der Waals surface area contributed by atoms with Crippen LogP contribution in [0.1, 0.15) is 24.5 Å². The molecule has 0 unspecified atom stereocenters. The summed E-state index contributed by atoms with van der Waals surface area (Å²) in [5, 5.41) is 4.22. The van der Waals surface area contributed by atoms with Crippen LogP contribution < -0.4 is 10.1 Å². The summed E-state index contributed by atoms with van der Waals surface area (Å²) in [6.45, 7) is 6.06. The Labute approximate surface area is 132 Å². The number of halogens is 1. The fourth-order valence-corrected chi connectivity index (χ4v) is 2.63. The van der Waals surface area contributed by atoms with E-state index in [-0.39, 0.29) is 0 Å². The number of aryl methyl sites for hydroxylation is 1. The first-order chi connectivity index (χ1) is 10.2. The van der Waals surface area contributed by atoms with Crippen LogP contribution in [0, 0.1) is 6.92 Å². The zero-order valence-corrected chi connectivity index (χ0v) is 13.6. The van der Waals surface area contributed by atoms with Crippen LogP contribution in [0.2, 0.25) is 5.02 Å². The predicted octanol–water partition coefficient (Wildman–Crippen LogP) is 4.82. The molecule has 2 rings (SSSR count). The number of ether oxygens (including phenoxy) is 1. The molecule has 2 aromatic rings. The highest BCUT2D eigenvalue weighted by atomic mass is 35.5. The van der Waals surface area contributed by atoms with E-state index in [9.17, 15) is 0 Å². The van der Waals surface area contributed by atoms with Crippen LogP contribution in [0.5, 0.6) is 5.75 Å². The number of methoxy groups -OCH3 is 1. The maximum atomic E-state index is 6.15. The summed E-state index contributed by atoms with van der Waals surface area (Å²) in [4.78, 5) is 0. The third-order valence-corrected chi connectivity index (χ3v) is 3.75. The van der Waals surface area contributed by atoms with Gasteiger partial charge in [0.05, 0.1) is 7.11 Å². The summed E-state index contributed by atoms with van der Waals surface area (Å²) >= 11 is 6.15. The maximum Gasteiger partial charge on any atom is 0.121 e. The zero-order chi connectivity index (χ0) is 15.2. The Kier molecular flexibility index (Phi) is 5.66. The van der Waals surface area contributed by atoms with Gasteiger partial charge in [0, 0.05) is 11.6 Å². The number of rotatable bonds is 6. The molecule has 0 aliphatic heterocycles. The van der Waals surface area contributed by atoms with Gasteiger partial charge < -0.3 is 10.1 Å². The van der Waals surface area contributed by atoms with Gasteiger partial charge in [0.2, 0.25) is 0 Å². The van der Waals surface area contributed by atoms with E-state index in [4.69, 9.17) is 16.3 Å². The number of benzene rings is 2. The molecule has 21 heavy (non-hydrogen) atoms. The molecule has 2 aromatic carbocycles. The van der Waals surface area contributed by atoms with Crippen molar-refractivity contribution in [2.45, 2.75) is 26.8 Å². The summed E-state index contributed by atoms with van der Waals surface area (Å²) in [5.41, 5.74) is 4.77. The van der Waals surface area contributed by atoms with Gasteiger partial charge in [-0.3, -0.25) is 0 Å². The van der Waals surface area contributed by atoms with E-state index in [0.29, 0.717) is 0 Å². The van der Waals surface area contributed by atoms with Gasteiger partial charge in [0.15, 0.2) is 0 Å². The minimum absolute atomic E-state index is 0.775. The topological polar surface area (TPSA) is 21.3 Å². The summed E-state index contributed by atoms with van der Waals surface area (Å²) < 4.78 is 5.33. The lowest BCUT2D eigenvalue weighted by Gasteiger charge is -2.13. The fraction of sp³-hybridized carbons (Fsp3) is 0.333. The Morgan fingerprint density at radius 2 is 1.95 bits per heavy atom. The van der Waals surface area contributed by atoms with Gasteiger partial charge in [-0.1, -0.05) is 30.7 Å². The second-order valence-electron chi connectivity index (χ2n) is 5.16. The Balaban J connectivity index is 2.35. The number of hydrogen-bond acceptors (Lipinski definition) is 2. The van der Waals surface area contributed by atoms with Crippen molar-refractivity contribution in [3.05, 3.63) is 52.5 Å². The quantitative estimate of drug-likeness (QED) is 0.772. The van der Waals surface area contributed by atoms with Crippen molar-refractivity contribution in [1.29, 1.82) is 0 Å². The zero-order valence-electron chi connectivity index (χ0n) is 12.9. The normalized spacial score (nSPS) is 10.7. The highest BCUT2D eigenvalue weighted by Crippen LogP contribution is 2.30. The van der Waals surface area contributed by atoms with Gasteiger partial charge in [-0.15, -0.1) is 0 Å². The van der Waals surface area contributed by atoms with E-state index in [0.717, 1.165) is 35.8 Å². The maximum absolute atomic E-state index is 6.15. The Morgan fingerprint density at radius 1 is 1.14 bits per heavy atom. The van der Waals surface area contributed by atoms with Crippen molar-refractivity contribution in [2.75, 3.05) is 13.7 Å². The molecule has 0 saturated carbocycles. The molecule has 0 radical (unpaired) electrons. The van der Waals surface area contributed by atoms with Gasteiger partial charge in [0.25, 0.3) is 0 Å². The van der Waals surface area contributed by atoms with E-state index in [1.165, 1.54) is 16.7 Å². The summed E-state index contributed by atoms with van der Waals surface area (Å²) in [6, 6.07) is 12.3. The fourth-order valence-electron chi connectivity index (χ4n) is 2.44. The average Bonchev–Trinajstić information content (AvgIpc) is 2.47. The molecule has 0 fully saturated rings. The second-order valence-corrected chi connectivity index (χ2v) is 5.60. The lowest BCUT2D eigenvalue weighted by atomic mass is 9.98. The first-order valence-corrected chi connectivity index (χ1v) is 7.67. The molecule has 0 aromatic heterocycles. The molecule has 112 valence electrons. The summed E-state index contributed by atoms with van der Waals surface area (Å²) in [7, 11) is 1.70. The molecule has 0 aliphatic rings. The van der Waals surface area contributed by atoms with Crippen molar-refractivity contribution in [3.8, 4) is 16.9 Å². The molecular weight excluding hydrogens is 282 g/mol. The Hall–Kier alpha value is -1.51. The molecule has 0 heterocycles. The molecule has 0 atom stereocenters. The first kappa shape index (κ1) is 15.9. The van der Waals surface area contributed by atoms with Crippen LogP contribution >= 0.6 is 11.6 Å². The van der Waals surface area contributed by atoms with Crippen LogP contribution in [0.4, 0.5) is 0 Å². The first-order valence-electron chi connectivity index (χ1n) is 7.30. The van der Waals surface area contributed by atoms with Crippen molar-refractivity contribution in [2.24, 2.45) is 0 Å². The number of hydrogen-bond donors (Lipinski definition) is 1. The minimum atomic E-state index is 0.775. The SMILES string of the molecule is CCCNCc1cc(Cl)ccc1-c1ccc(OC)c(C)c1. The lowest BCUT2D eigenvalue weighted by molar-refractivity contribution is 0.412. The third kappa shape index (κ3) is 3.99. The van der Waals surface area contributed by atoms with Crippen molar-refractivity contribution < 1.29 is 4.74 Å². The lowest BCUT2D eigenvalue weighted by Crippen LogP contribution is -2.14. The molecule has 1 N–H and O–H groups in total. The molecule has 0 amide bonds. The van der Waals surface area contributed by atoms with Gasteiger partial charge in [-0.2, -0.15) is 0 Å². The van der Waals surface area contributed by atoms with Crippen LogP contribution in [-0.2, 0) is 6.54 Å². The van der Waals surface area contributed by atoms with Crippen LogP contribution in [-0.4, -0.2) is 13.7 Å². The van der Waals surface area contributed by atoms with E-state index < -0.39 is 0 Å². The standard InChI is InChI=1S/C18H22ClNO/c1-4-9-20-12-15-11-16(19)6-7-17(15)14-5-8-18(21-3)13(2)10-14/h5-8,10-11,20H,4,9,12H2,1-3H3. The molecule has 3 heteroatoms. The van der Waals surface area contributed by atoms with Gasteiger partial charge in [-0.05, 0) is 66.4 Å². The smallest absolute Gasteiger partial charge is 0.121 e. The number of nitrogens with one attached hydrogen (secondary N) is 1. The molecule has 0 spiro atoms. The van der Waals surface area contributed by atoms with Crippen molar-refractivity contribution in [3.63, 3.8) is 0 Å². The average molecular weight is 304 g/mol. The summed E-state index contributed by atoms with van der Waals surface area (Å²) in [5.74, 6) is 0.915. The van der Waals surface area contributed by atoms with Crippen LogP contribution in [0.15, 0.2) is 36.4 Å². The van der Waals surface area contributed by atoms with E-state index in [1.807, 2.05) is 18.2 Å². The Bertz CT molecular complexity index is 610. The van der Waals surface area contributed by atoms with E-state index in [2.05, 4.69) is 37.4 Å². The van der Waals surface area contributed by atoms with E-state index >= 15 is 0 Å². The van der Waals surface area contributed by atoms with Crippen molar-refractivity contribution >= 4 is 11.6 Å². The highest BCUT2D eigenvalue weighted by molar-refractivity contribution is 6.30. The van der Waals surface area contributed by atoms with Gasteiger partial charge in [-0.25, -0.2) is 0 Å². The predicted molar refractivity (Wildman–Crippen MR) is 90.2 cm³/mol. The molecular formula is C18H22ClNO. The van der Waals surface area contributed by atoms with Gasteiger partial charge >= 0.3 is 0 Å². The highest BCUT2D eigenvalue weighted by Gasteiger charge is 2.08. The molecule has 0 aliphatic carbocycles. The largest absolute Gasteiger partial charge is 0.496 e. The summed E-state index contributed by atoms with van der Waals surface area (Å²) in [6.07, 6.45) is 1.12.